The van der Waals surface area contributed by atoms with Crippen LogP contribution in [0, 0.1) is 0 Å². The average Bonchev–Trinajstić information content (AvgIpc) is 2.65. The molecule has 0 unspecified atom stereocenters. The average molecular weight is 304 g/mol. The molecule has 22 heavy (non-hydrogen) atoms. The third kappa shape index (κ3) is 3.14. The number of rotatable bonds is 4. The Hall–Kier alpha value is -1.50. The van der Waals surface area contributed by atoms with Crippen LogP contribution in [0.15, 0.2) is 23.7 Å². The van der Waals surface area contributed by atoms with E-state index in [0.717, 1.165) is 11.0 Å². The second-order valence-corrected chi connectivity index (χ2v) is 6.51. The lowest BCUT2D eigenvalue weighted by Crippen LogP contribution is -2.41. The van der Waals surface area contributed by atoms with Crippen LogP contribution >= 0.6 is 0 Å². The number of nitrogens with two attached hydrogens (primary N) is 2. The fourth-order valence-electron chi connectivity index (χ4n) is 2.26. The molecule has 120 valence electrons. The minimum absolute atomic E-state index is 0.338. The standard InChI is InChI=1S/C16H25BN2O3/c1-15(2)16(3,4)22-17(21-15)12(10-18)8-11-6-7-13(19)9-14(11)20-5/h6-9H,10,18-19H2,1-5H3. The van der Waals surface area contributed by atoms with Crippen LogP contribution in [-0.2, 0) is 9.31 Å². The minimum atomic E-state index is -0.461. The summed E-state index contributed by atoms with van der Waals surface area (Å²) in [6, 6.07) is 5.51. The van der Waals surface area contributed by atoms with Gasteiger partial charge in [0, 0.05) is 23.9 Å². The molecule has 6 heteroatoms. The van der Waals surface area contributed by atoms with E-state index >= 15 is 0 Å². The van der Waals surface area contributed by atoms with E-state index in [0.29, 0.717) is 18.0 Å². The quantitative estimate of drug-likeness (QED) is 0.659. The van der Waals surface area contributed by atoms with Gasteiger partial charge < -0.3 is 25.5 Å². The molecule has 1 heterocycles. The van der Waals surface area contributed by atoms with E-state index in [1.807, 2.05) is 45.9 Å². The molecule has 1 aliphatic rings. The Morgan fingerprint density at radius 1 is 1.23 bits per heavy atom. The van der Waals surface area contributed by atoms with Gasteiger partial charge in [-0.15, -0.1) is 0 Å². The van der Waals surface area contributed by atoms with Gasteiger partial charge in [-0.05, 0) is 45.3 Å². The van der Waals surface area contributed by atoms with Gasteiger partial charge in [0.05, 0.1) is 18.3 Å². The SMILES string of the molecule is COc1cc(N)ccc1C=C(CN)B1OC(C)(C)C(C)(C)O1. The predicted octanol–water partition coefficient (Wildman–Crippen LogP) is 2.25. The van der Waals surface area contributed by atoms with Gasteiger partial charge in [-0.25, -0.2) is 0 Å². The van der Waals surface area contributed by atoms with E-state index in [2.05, 4.69) is 0 Å². The fourth-order valence-corrected chi connectivity index (χ4v) is 2.26. The maximum absolute atomic E-state index is 6.05. The zero-order chi connectivity index (χ0) is 16.5. The number of hydrogen-bond acceptors (Lipinski definition) is 5. The first-order valence-electron chi connectivity index (χ1n) is 7.40. The maximum Gasteiger partial charge on any atom is 0.491 e. The first kappa shape index (κ1) is 16.9. The van der Waals surface area contributed by atoms with Gasteiger partial charge in [0.1, 0.15) is 5.75 Å². The molecule has 5 nitrogen and oxygen atoms in total. The molecule has 1 fully saturated rings. The third-order valence-corrected chi connectivity index (χ3v) is 4.39. The molecule has 1 aromatic rings. The highest BCUT2D eigenvalue weighted by atomic mass is 16.7. The van der Waals surface area contributed by atoms with Gasteiger partial charge in [-0.3, -0.25) is 0 Å². The molecule has 0 atom stereocenters. The smallest absolute Gasteiger partial charge is 0.491 e. The molecule has 0 spiro atoms. The lowest BCUT2D eigenvalue weighted by atomic mass is 9.77. The number of nitrogen functional groups attached to an aromatic ring is 1. The summed E-state index contributed by atoms with van der Waals surface area (Å²) in [4.78, 5) is 0. The normalized spacial score (nSPS) is 20.3. The molecule has 0 radical (unpaired) electrons. The highest BCUT2D eigenvalue weighted by Gasteiger charge is 2.52. The lowest BCUT2D eigenvalue weighted by molar-refractivity contribution is 0.00578. The molecule has 0 amide bonds. The van der Waals surface area contributed by atoms with Crippen LogP contribution in [-0.4, -0.2) is 32.0 Å². The Morgan fingerprint density at radius 3 is 2.32 bits per heavy atom. The van der Waals surface area contributed by atoms with Crippen molar-refractivity contribution in [2.45, 2.75) is 38.9 Å². The summed E-state index contributed by atoms with van der Waals surface area (Å²) in [6.45, 7) is 8.41. The first-order valence-corrected chi connectivity index (χ1v) is 7.40. The zero-order valence-corrected chi connectivity index (χ0v) is 14.0. The highest BCUT2D eigenvalue weighted by Crippen LogP contribution is 2.39. The zero-order valence-electron chi connectivity index (χ0n) is 14.0. The van der Waals surface area contributed by atoms with Gasteiger partial charge in [0.2, 0.25) is 0 Å². The molecule has 0 aromatic heterocycles. The van der Waals surface area contributed by atoms with E-state index in [9.17, 15) is 0 Å². The van der Waals surface area contributed by atoms with Crippen LogP contribution in [0.4, 0.5) is 5.69 Å². The van der Waals surface area contributed by atoms with Crippen molar-refractivity contribution in [3.05, 3.63) is 29.2 Å². The maximum atomic E-state index is 6.05. The van der Waals surface area contributed by atoms with Crippen LogP contribution in [0.3, 0.4) is 0 Å². The first-order chi connectivity index (χ1) is 10.2. The number of ether oxygens (including phenoxy) is 1. The van der Waals surface area contributed by atoms with Crippen LogP contribution in [0.5, 0.6) is 5.75 Å². The Kier molecular flexibility index (Phi) is 4.56. The summed E-state index contributed by atoms with van der Waals surface area (Å²) in [5, 5.41) is 0. The molecular weight excluding hydrogens is 279 g/mol. The van der Waals surface area contributed by atoms with Crippen LogP contribution in [0.25, 0.3) is 6.08 Å². The van der Waals surface area contributed by atoms with Gasteiger partial charge >= 0.3 is 7.12 Å². The predicted molar refractivity (Wildman–Crippen MR) is 90.5 cm³/mol. The Bertz CT molecular complexity index is 569. The van der Waals surface area contributed by atoms with Gasteiger partial charge in [0.25, 0.3) is 0 Å². The van der Waals surface area contributed by atoms with Crippen molar-refractivity contribution in [3.63, 3.8) is 0 Å². The highest BCUT2D eigenvalue weighted by molar-refractivity contribution is 6.55. The summed E-state index contributed by atoms with van der Waals surface area (Å²) in [7, 11) is 1.15. The largest absolute Gasteiger partial charge is 0.496 e. The van der Waals surface area contributed by atoms with Crippen molar-refractivity contribution >= 4 is 18.9 Å². The van der Waals surface area contributed by atoms with Gasteiger partial charge in [-0.1, -0.05) is 6.08 Å². The van der Waals surface area contributed by atoms with Crippen molar-refractivity contribution in [1.29, 1.82) is 0 Å². The Labute approximate surface area is 132 Å². The third-order valence-electron chi connectivity index (χ3n) is 4.39. The summed E-state index contributed by atoms with van der Waals surface area (Å²) < 4.78 is 17.5. The minimum Gasteiger partial charge on any atom is -0.496 e. The molecular formula is C16H25BN2O3. The summed E-state index contributed by atoms with van der Waals surface area (Å²) in [5.41, 5.74) is 13.3. The summed E-state index contributed by atoms with van der Waals surface area (Å²) >= 11 is 0. The fraction of sp³-hybridized carbons (Fsp3) is 0.500. The lowest BCUT2D eigenvalue weighted by Gasteiger charge is -2.32. The summed E-state index contributed by atoms with van der Waals surface area (Å²) in [6.07, 6.45) is 1.94. The molecule has 2 rings (SSSR count). The number of methoxy groups -OCH3 is 1. The molecule has 1 saturated heterocycles. The second kappa shape index (κ2) is 5.95. The van der Waals surface area contributed by atoms with E-state index in [1.165, 1.54) is 0 Å². The van der Waals surface area contributed by atoms with Crippen molar-refractivity contribution in [2.75, 3.05) is 19.4 Å². The summed E-state index contributed by atoms with van der Waals surface area (Å²) in [5.74, 6) is 0.697. The van der Waals surface area contributed by atoms with Crippen molar-refractivity contribution in [1.82, 2.24) is 0 Å². The molecule has 4 N–H and O–H groups in total. The molecule has 0 saturated carbocycles. The molecule has 0 aliphatic carbocycles. The van der Waals surface area contributed by atoms with Gasteiger partial charge in [0.15, 0.2) is 0 Å². The van der Waals surface area contributed by atoms with Crippen LogP contribution in [0.1, 0.15) is 33.3 Å². The monoisotopic (exact) mass is 304 g/mol. The topological polar surface area (TPSA) is 79.7 Å². The van der Waals surface area contributed by atoms with E-state index in [1.54, 1.807) is 13.2 Å². The van der Waals surface area contributed by atoms with E-state index in [4.69, 9.17) is 25.5 Å². The van der Waals surface area contributed by atoms with E-state index < -0.39 is 18.3 Å². The van der Waals surface area contributed by atoms with Crippen molar-refractivity contribution in [3.8, 4) is 5.75 Å². The Morgan fingerprint density at radius 2 is 1.82 bits per heavy atom. The second-order valence-electron chi connectivity index (χ2n) is 6.51. The molecule has 0 bridgehead atoms. The van der Waals surface area contributed by atoms with E-state index in [-0.39, 0.29) is 0 Å². The number of benzene rings is 1. The molecule has 1 aromatic carbocycles. The number of hydrogen-bond donors (Lipinski definition) is 2. The van der Waals surface area contributed by atoms with Crippen LogP contribution in [0.2, 0.25) is 0 Å². The number of anilines is 1. The van der Waals surface area contributed by atoms with Crippen molar-refractivity contribution < 1.29 is 14.0 Å². The van der Waals surface area contributed by atoms with Gasteiger partial charge in [-0.2, -0.15) is 0 Å². The van der Waals surface area contributed by atoms with Crippen molar-refractivity contribution in [2.24, 2.45) is 5.73 Å². The van der Waals surface area contributed by atoms with Crippen LogP contribution < -0.4 is 16.2 Å². The molecule has 1 aliphatic heterocycles. The Balaban J connectivity index is 2.34.